The van der Waals surface area contributed by atoms with E-state index in [-0.39, 0.29) is 17.6 Å². The molecular weight excluding hydrogens is 321 g/mol. The highest BCUT2D eigenvalue weighted by molar-refractivity contribution is 5.91. The number of halogens is 1. The van der Waals surface area contributed by atoms with E-state index in [0.29, 0.717) is 19.6 Å². The molecular formula is C19H24FN3O2. The molecule has 2 fully saturated rings. The molecule has 0 N–H and O–H groups in total. The van der Waals surface area contributed by atoms with Crippen molar-refractivity contribution in [3.8, 4) is 0 Å². The minimum absolute atomic E-state index is 0.0464. The van der Waals surface area contributed by atoms with Crippen LogP contribution in [0.15, 0.2) is 30.3 Å². The Morgan fingerprint density at radius 3 is 2.20 bits per heavy atom. The summed E-state index contributed by atoms with van der Waals surface area (Å²) in [6.45, 7) is 4.90. The number of amides is 2. The van der Waals surface area contributed by atoms with Crippen molar-refractivity contribution < 1.29 is 14.0 Å². The fourth-order valence-corrected chi connectivity index (χ4v) is 3.23. The Hall–Kier alpha value is -2.21. The van der Waals surface area contributed by atoms with Crippen molar-refractivity contribution in [2.75, 3.05) is 45.8 Å². The smallest absolute Gasteiger partial charge is 0.246 e. The molecule has 0 unspecified atom stereocenters. The van der Waals surface area contributed by atoms with Crippen LogP contribution in [0.25, 0.3) is 6.08 Å². The summed E-state index contributed by atoms with van der Waals surface area (Å²) in [6.07, 6.45) is 5.44. The zero-order chi connectivity index (χ0) is 17.6. The van der Waals surface area contributed by atoms with E-state index >= 15 is 0 Å². The largest absolute Gasteiger partial charge is 0.342 e. The third kappa shape index (κ3) is 4.89. The summed E-state index contributed by atoms with van der Waals surface area (Å²) in [7, 11) is 0. The maximum atomic E-state index is 12.9. The van der Waals surface area contributed by atoms with Crippen LogP contribution in [0, 0.1) is 5.82 Å². The van der Waals surface area contributed by atoms with E-state index in [1.165, 1.54) is 18.2 Å². The average Bonchev–Trinajstić information content (AvgIpc) is 3.16. The van der Waals surface area contributed by atoms with Crippen LogP contribution in [-0.4, -0.2) is 72.3 Å². The number of hydrogen-bond donors (Lipinski definition) is 0. The Morgan fingerprint density at radius 2 is 1.56 bits per heavy atom. The summed E-state index contributed by atoms with van der Waals surface area (Å²) < 4.78 is 12.9. The van der Waals surface area contributed by atoms with Gasteiger partial charge in [-0.1, -0.05) is 12.1 Å². The lowest BCUT2D eigenvalue weighted by Crippen LogP contribution is -2.51. The number of carbonyl (C=O) groups excluding carboxylic acids is 2. The van der Waals surface area contributed by atoms with Crippen LogP contribution < -0.4 is 0 Å². The van der Waals surface area contributed by atoms with Gasteiger partial charge < -0.3 is 9.80 Å². The summed E-state index contributed by atoms with van der Waals surface area (Å²) in [6, 6.07) is 6.03. The lowest BCUT2D eigenvalue weighted by molar-refractivity contribution is -0.132. The van der Waals surface area contributed by atoms with Gasteiger partial charge in [-0.2, -0.15) is 0 Å². The highest BCUT2D eigenvalue weighted by Gasteiger charge is 2.24. The highest BCUT2D eigenvalue weighted by atomic mass is 19.1. The maximum absolute atomic E-state index is 12.9. The van der Waals surface area contributed by atoms with E-state index in [9.17, 15) is 14.0 Å². The summed E-state index contributed by atoms with van der Waals surface area (Å²) in [5.41, 5.74) is 0.796. The summed E-state index contributed by atoms with van der Waals surface area (Å²) in [4.78, 5) is 30.3. The van der Waals surface area contributed by atoms with Gasteiger partial charge in [0.15, 0.2) is 0 Å². The predicted octanol–water partition coefficient (Wildman–Crippen LogP) is 1.61. The van der Waals surface area contributed by atoms with Crippen LogP contribution in [0.2, 0.25) is 0 Å². The minimum Gasteiger partial charge on any atom is -0.342 e. The molecule has 3 rings (SSSR count). The third-order valence-corrected chi connectivity index (χ3v) is 4.79. The van der Waals surface area contributed by atoms with Gasteiger partial charge in [-0.05, 0) is 36.6 Å². The molecule has 0 saturated carbocycles. The molecule has 2 saturated heterocycles. The zero-order valence-electron chi connectivity index (χ0n) is 14.4. The van der Waals surface area contributed by atoms with Crippen LogP contribution in [0.3, 0.4) is 0 Å². The summed E-state index contributed by atoms with van der Waals surface area (Å²) in [5, 5.41) is 0. The molecule has 2 aliphatic heterocycles. The van der Waals surface area contributed by atoms with E-state index in [2.05, 4.69) is 4.90 Å². The number of nitrogens with zero attached hydrogens (tertiary/aromatic N) is 3. The van der Waals surface area contributed by atoms with Gasteiger partial charge in [0.05, 0.1) is 6.54 Å². The molecule has 0 spiro atoms. The first-order valence-corrected chi connectivity index (χ1v) is 8.84. The third-order valence-electron chi connectivity index (χ3n) is 4.79. The van der Waals surface area contributed by atoms with Gasteiger partial charge in [0.25, 0.3) is 0 Å². The first-order valence-electron chi connectivity index (χ1n) is 8.84. The Bertz CT molecular complexity index is 631. The number of rotatable bonds is 4. The van der Waals surface area contributed by atoms with Crippen LogP contribution in [0.4, 0.5) is 4.39 Å². The SMILES string of the molecule is O=C(/C=C/c1ccc(F)cc1)N1CCN(CC(=O)N2CCCC2)CC1. The zero-order valence-corrected chi connectivity index (χ0v) is 14.4. The van der Waals surface area contributed by atoms with E-state index < -0.39 is 0 Å². The second-order valence-electron chi connectivity index (χ2n) is 6.57. The van der Waals surface area contributed by atoms with Gasteiger partial charge >= 0.3 is 0 Å². The number of hydrogen-bond acceptors (Lipinski definition) is 3. The molecule has 2 amide bonds. The van der Waals surface area contributed by atoms with Crippen LogP contribution >= 0.6 is 0 Å². The van der Waals surface area contributed by atoms with E-state index in [1.54, 1.807) is 23.1 Å². The monoisotopic (exact) mass is 345 g/mol. The van der Waals surface area contributed by atoms with Crippen molar-refractivity contribution in [1.29, 1.82) is 0 Å². The van der Waals surface area contributed by atoms with Crippen molar-refractivity contribution in [2.45, 2.75) is 12.8 Å². The number of carbonyl (C=O) groups is 2. The normalized spacial score (nSPS) is 18.9. The number of benzene rings is 1. The van der Waals surface area contributed by atoms with Crippen molar-refractivity contribution in [3.05, 3.63) is 41.7 Å². The fourth-order valence-electron chi connectivity index (χ4n) is 3.23. The molecule has 1 aromatic rings. The van der Waals surface area contributed by atoms with Crippen molar-refractivity contribution >= 4 is 17.9 Å². The Kier molecular flexibility index (Phi) is 5.81. The lowest BCUT2D eigenvalue weighted by atomic mass is 10.2. The van der Waals surface area contributed by atoms with Gasteiger partial charge in [0.2, 0.25) is 11.8 Å². The predicted molar refractivity (Wildman–Crippen MR) is 94.3 cm³/mol. The van der Waals surface area contributed by atoms with Gasteiger partial charge in [-0.15, -0.1) is 0 Å². The van der Waals surface area contributed by atoms with Crippen molar-refractivity contribution in [3.63, 3.8) is 0 Å². The molecule has 2 heterocycles. The second-order valence-corrected chi connectivity index (χ2v) is 6.57. The van der Waals surface area contributed by atoms with Gasteiger partial charge in [-0.25, -0.2) is 4.39 Å². The quantitative estimate of drug-likeness (QED) is 0.779. The molecule has 0 atom stereocenters. The average molecular weight is 345 g/mol. The Morgan fingerprint density at radius 1 is 0.920 bits per heavy atom. The number of likely N-dealkylation sites (tertiary alicyclic amines) is 1. The number of piperazine rings is 1. The second kappa shape index (κ2) is 8.25. The first-order chi connectivity index (χ1) is 12.1. The maximum Gasteiger partial charge on any atom is 0.246 e. The minimum atomic E-state index is -0.289. The van der Waals surface area contributed by atoms with Crippen LogP contribution in [0.5, 0.6) is 0 Å². The van der Waals surface area contributed by atoms with Gasteiger partial charge in [0, 0.05) is 45.3 Å². The molecule has 1 aromatic carbocycles. The van der Waals surface area contributed by atoms with Crippen molar-refractivity contribution in [2.24, 2.45) is 0 Å². The van der Waals surface area contributed by atoms with E-state index in [0.717, 1.165) is 44.6 Å². The molecule has 0 radical (unpaired) electrons. The summed E-state index contributed by atoms with van der Waals surface area (Å²) >= 11 is 0. The molecule has 0 aromatic heterocycles. The standard InChI is InChI=1S/C19H24FN3O2/c20-17-6-3-16(4-7-17)5-8-18(24)23-13-11-21(12-14-23)15-19(25)22-9-1-2-10-22/h3-8H,1-2,9-15H2/b8-5+. The Balaban J connectivity index is 1.44. The molecule has 0 aliphatic carbocycles. The molecule has 5 nitrogen and oxygen atoms in total. The Labute approximate surface area is 147 Å². The molecule has 25 heavy (non-hydrogen) atoms. The van der Waals surface area contributed by atoms with Crippen LogP contribution in [0.1, 0.15) is 18.4 Å². The lowest BCUT2D eigenvalue weighted by Gasteiger charge is -2.34. The van der Waals surface area contributed by atoms with Crippen LogP contribution in [-0.2, 0) is 9.59 Å². The van der Waals surface area contributed by atoms with E-state index in [1.807, 2.05) is 4.90 Å². The summed E-state index contributed by atoms with van der Waals surface area (Å²) in [5.74, 6) is -0.133. The first kappa shape index (κ1) is 17.6. The van der Waals surface area contributed by atoms with E-state index in [4.69, 9.17) is 0 Å². The highest BCUT2D eigenvalue weighted by Crippen LogP contribution is 2.10. The molecule has 0 bridgehead atoms. The molecule has 6 heteroatoms. The van der Waals surface area contributed by atoms with Crippen molar-refractivity contribution in [1.82, 2.24) is 14.7 Å². The topological polar surface area (TPSA) is 43.9 Å². The molecule has 134 valence electrons. The molecule has 2 aliphatic rings. The fraction of sp³-hybridized carbons (Fsp3) is 0.474. The van der Waals surface area contributed by atoms with Gasteiger partial charge in [0.1, 0.15) is 5.82 Å². The van der Waals surface area contributed by atoms with Gasteiger partial charge in [-0.3, -0.25) is 14.5 Å².